The second-order valence-corrected chi connectivity index (χ2v) is 8.59. The van der Waals surface area contributed by atoms with Crippen LogP contribution in [0.25, 0.3) is 0 Å². The fraction of sp³-hybridized carbons (Fsp3) is 0.846. The first-order valence-corrected chi connectivity index (χ1v) is 9.16. The van der Waals surface area contributed by atoms with Crippen LogP contribution in [0.15, 0.2) is 4.52 Å². The molecule has 0 amide bonds. The number of sulfone groups is 1. The third-order valence-corrected chi connectivity index (χ3v) is 7.24. The zero-order chi connectivity index (χ0) is 14.9. The molecule has 0 radical (unpaired) electrons. The Morgan fingerprint density at radius 2 is 2.05 bits per heavy atom. The number of nitrogens with zero attached hydrogens (tertiary/aromatic N) is 3. The van der Waals surface area contributed by atoms with Crippen LogP contribution in [0.3, 0.4) is 0 Å². The van der Waals surface area contributed by atoms with E-state index in [0.29, 0.717) is 31.3 Å². The molecule has 3 rings (SSSR count). The molecule has 7 nitrogen and oxygen atoms in total. The van der Waals surface area contributed by atoms with Crippen LogP contribution in [-0.4, -0.2) is 47.0 Å². The van der Waals surface area contributed by atoms with Gasteiger partial charge in [-0.15, -0.1) is 0 Å². The lowest BCUT2D eigenvalue weighted by Crippen LogP contribution is -2.56. The third-order valence-electron chi connectivity index (χ3n) is 4.66. The van der Waals surface area contributed by atoms with Gasteiger partial charge < -0.3 is 10.3 Å². The van der Waals surface area contributed by atoms with E-state index in [1.807, 2.05) is 0 Å². The normalized spacial score (nSPS) is 25.2. The highest BCUT2D eigenvalue weighted by atomic mass is 32.2. The Kier molecular flexibility index (Phi) is 4.02. The molecule has 2 N–H and O–H groups in total. The summed E-state index contributed by atoms with van der Waals surface area (Å²) in [5.41, 5.74) is 5.45. The van der Waals surface area contributed by atoms with Crippen molar-refractivity contribution < 1.29 is 12.9 Å². The fourth-order valence-electron chi connectivity index (χ4n) is 3.49. The van der Waals surface area contributed by atoms with E-state index < -0.39 is 14.6 Å². The molecular weight excluding hydrogens is 292 g/mol. The van der Waals surface area contributed by atoms with Gasteiger partial charge in [0.1, 0.15) is 0 Å². The van der Waals surface area contributed by atoms with Crippen molar-refractivity contribution in [2.75, 3.05) is 18.8 Å². The lowest BCUT2D eigenvalue weighted by molar-refractivity contribution is 0.195. The molecule has 0 bridgehead atoms. The van der Waals surface area contributed by atoms with Crippen molar-refractivity contribution in [1.82, 2.24) is 15.0 Å². The summed E-state index contributed by atoms with van der Waals surface area (Å²) in [4.78, 5) is 6.34. The summed E-state index contributed by atoms with van der Waals surface area (Å²) in [6.07, 6.45) is 4.72. The van der Waals surface area contributed by atoms with Crippen LogP contribution in [0.2, 0.25) is 0 Å². The smallest absolute Gasteiger partial charge is 0.240 e. The summed E-state index contributed by atoms with van der Waals surface area (Å²) in [5, 5.41) is 3.89. The van der Waals surface area contributed by atoms with E-state index in [9.17, 15) is 8.42 Å². The summed E-state index contributed by atoms with van der Waals surface area (Å²) >= 11 is 0. The zero-order valence-electron chi connectivity index (χ0n) is 12.1. The molecule has 1 aromatic rings. The Morgan fingerprint density at radius 1 is 1.29 bits per heavy atom. The lowest BCUT2D eigenvalue weighted by Gasteiger charge is -2.44. The molecule has 21 heavy (non-hydrogen) atoms. The Balaban J connectivity index is 1.73. The molecule has 0 atom stereocenters. The fourth-order valence-corrected chi connectivity index (χ4v) is 5.71. The maximum atomic E-state index is 12.5. The van der Waals surface area contributed by atoms with Gasteiger partial charge in [-0.1, -0.05) is 24.4 Å². The van der Waals surface area contributed by atoms with Crippen LogP contribution in [-0.2, 0) is 22.9 Å². The molecule has 0 unspecified atom stereocenters. The number of aromatic nitrogens is 2. The molecule has 0 aromatic carbocycles. The summed E-state index contributed by atoms with van der Waals surface area (Å²) in [5.74, 6) is 1.23. The van der Waals surface area contributed by atoms with E-state index in [1.54, 1.807) is 0 Å². The number of rotatable bonds is 3. The Morgan fingerprint density at radius 3 is 2.71 bits per heavy atom. The minimum Gasteiger partial charge on any atom is -0.338 e. The van der Waals surface area contributed by atoms with Gasteiger partial charge in [0.05, 0.1) is 23.6 Å². The molecule has 1 aromatic heterocycles. The molecule has 8 heteroatoms. The molecule has 118 valence electrons. The van der Waals surface area contributed by atoms with Crippen LogP contribution in [0.1, 0.15) is 43.8 Å². The number of hydrogen-bond donors (Lipinski definition) is 1. The monoisotopic (exact) mass is 314 g/mol. The predicted octanol–water partition coefficient (Wildman–Crippen LogP) is 0.462. The number of nitrogens with two attached hydrogens (primary N) is 1. The molecule has 1 saturated heterocycles. The molecule has 2 heterocycles. The van der Waals surface area contributed by atoms with Crippen LogP contribution in [0.5, 0.6) is 0 Å². The first-order valence-electron chi connectivity index (χ1n) is 7.51. The van der Waals surface area contributed by atoms with Gasteiger partial charge in [-0.25, -0.2) is 8.42 Å². The second kappa shape index (κ2) is 5.66. The zero-order valence-corrected chi connectivity index (χ0v) is 12.9. The molecule has 1 aliphatic carbocycles. The summed E-state index contributed by atoms with van der Waals surface area (Å²) in [6, 6.07) is 0. The molecule has 1 saturated carbocycles. The van der Waals surface area contributed by atoms with Gasteiger partial charge in [-0.3, -0.25) is 4.90 Å². The highest BCUT2D eigenvalue weighted by molar-refractivity contribution is 7.92. The van der Waals surface area contributed by atoms with Gasteiger partial charge in [0.2, 0.25) is 5.89 Å². The van der Waals surface area contributed by atoms with Crippen LogP contribution in [0, 0.1) is 0 Å². The van der Waals surface area contributed by atoms with E-state index in [1.165, 1.54) is 0 Å². The lowest BCUT2D eigenvalue weighted by atomic mass is 9.87. The van der Waals surface area contributed by atoms with Crippen molar-refractivity contribution in [3.05, 3.63) is 11.7 Å². The van der Waals surface area contributed by atoms with Gasteiger partial charge >= 0.3 is 0 Å². The quantitative estimate of drug-likeness (QED) is 0.864. The highest BCUT2D eigenvalue weighted by Gasteiger charge is 2.48. The molecular formula is C13H22N4O3S. The van der Waals surface area contributed by atoms with Crippen LogP contribution < -0.4 is 5.73 Å². The summed E-state index contributed by atoms with van der Waals surface area (Å²) < 4.78 is 29.5. The van der Waals surface area contributed by atoms with Crippen molar-refractivity contribution in [2.45, 2.75) is 49.9 Å². The van der Waals surface area contributed by atoms with E-state index in [4.69, 9.17) is 10.3 Å². The largest absolute Gasteiger partial charge is 0.338 e. The van der Waals surface area contributed by atoms with Gasteiger partial charge in [0.25, 0.3) is 0 Å². The topological polar surface area (TPSA) is 102 Å². The average molecular weight is 314 g/mol. The van der Waals surface area contributed by atoms with E-state index in [-0.39, 0.29) is 12.3 Å². The highest BCUT2D eigenvalue weighted by Crippen LogP contribution is 2.38. The SMILES string of the molecule is NCc1nc(CN2CCS(=O)(=O)C3(CCCCC3)C2)no1. The van der Waals surface area contributed by atoms with E-state index in [2.05, 4.69) is 15.0 Å². The maximum Gasteiger partial charge on any atom is 0.240 e. The van der Waals surface area contributed by atoms with Crippen molar-refractivity contribution in [3.8, 4) is 0 Å². The minimum absolute atomic E-state index is 0.227. The van der Waals surface area contributed by atoms with Crippen molar-refractivity contribution in [2.24, 2.45) is 5.73 Å². The molecule has 1 spiro atoms. The minimum atomic E-state index is -3.00. The summed E-state index contributed by atoms with van der Waals surface area (Å²) in [6.45, 7) is 1.88. The van der Waals surface area contributed by atoms with Gasteiger partial charge in [-0.2, -0.15) is 4.98 Å². The van der Waals surface area contributed by atoms with Gasteiger partial charge in [0, 0.05) is 13.1 Å². The predicted molar refractivity (Wildman–Crippen MR) is 77.1 cm³/mol. The maximum absolute atomic E-state index is 12.5. The third kappa shape index (κ3) is 2.84. The number of hydrogen-bond acceptors (Lipinski definition) is 7. The summed E-state index contributed by atoms with van der Waals surface area (Å²) in [7, 11) is -3.00. The second-order valence-electron chi connectivity index (χ2n) is 6.08. The molecule has 2 fully saturated rings. The van der Waals surface area contributed by atoms with Gasteiger partial charge in [-0.05, 0) is 12.8 Å². The van der Waals surface area contributed by atoms with Crippen molar-refractivity contribution >= 4 is 9.84 Å². The molecule has 1 aliphatic heterocycles. The first kappa shape index (κ1) is 14.9. The molecule has 2 aliphatic rings. The standard InChI is InChI=1S/C13H22N4O3S/c14-8-12-15-11(16-20-12)9-17-6-7-21(18,19)13(10-17)4-2-1-3-5-13/h1-10,14H2. The van der Waals surface area contributed by atoms with E-state index in [0.717, 1.165) is 32.1 Å². The first-order chi connectivity index (χ1) is 10.0. The van der Waals surface area contributed by atoms with Crippen molar-refractivity contribution in [3.63, 3.8) is 0 Å². The van der Waals surface area contributed by atoms with Gasteiger partial charge in [0.15, 0.2) is 15.7 Å². The van der Waals surface area contributed by atoms with Crippen LogP contribution in [0.4, 0.5) is 0 Å². The Bertz CT molecular complexity index is 592. The average Bonchev–Trinajstić information content (AvgIpc) is 2.92. The van der Waals surface area contributed by atoms with Crippen LogP contribution >= 0.6 is 0 Å². The van der Waals surface area contributed by atoms with Crippen molar-refractivity contribution in [1.29, 1.82) is 0 Å². The van der Waals surface area contributed by atoms with E-state index >= 15 is 0 Å². The Hall–Kier alpha value is -0.990. The Labute approximate surface area is 124 Å².